The van der Waals surface area contributed by atoms with Crippen LogP contribution in [0.1, 0.15) is 52.9 Å². The molecule has 2 heteroatoms. The molecule has 80 valence electrons. The highest BCUT2D eigenvalue weighted by atomic mass is 16.3. The maximum absolute atomic E-state index is 8.95. The molecule has 0 bridgehead atoms. The Morgan fingerprint density at radius 3 is 2.31 bits per heavy atom. The van der Waals surface area contributed by atoms with Crippen LogP contribution >= 0.6 is 0 Å². The van der Waals surface area contributed by atoms with E-state index < -0.39 is 0 Å². The number of hydrogen-bond acceptors (Lipinski definition) is 2. The maximum Gasteiger partial charge on any atom is 0.0587 e. The van der Waals surface area contributed by atoms with E-state index in [2.05, 4.69) is 20.8 Å². The second-order valence-corrected chi connectivity index (χ2v) is 4.59. The smallest absolute Gasteiger partial charge is 0.0587 e. The molecule has 13 heavy (non-hydrogen) atoms. The Labute approximate surface area is 82.5 Å². The van der Waals surface area contributed by atoms with E-state index in [0.717, 1.165) is 6.42 Å². The number of aliphatic hydroxyl groups is 1. The van der Waals surface area contributed by atoms with E-state index in [1.54, 1.807) is 0 Å². The first-order chi connectivity index (χ1) is 6.04. The van der Waals surface area contributed by atoms with Crippen molar-refractivity contribution in [3.8, 4) is 0 Å². The van der Waals surface area contributed by atoms with Gasteiger partial charge in [-0.1, -0.05) is 46.5 Å². The molecule has 0 saturated carbocycles. The summed E-state index contributed by atoms with van der Waals surface area (Å²) < 4.78 is 0. The molecule has 0 amide bonds. The van der Waals surface area contributed by atoms with Gasteiger partial charge in [-0.2, -0.15) is 0 Å². The van der Waals surface area contributed by atoms with Crippen molar-refractivity contribution in [1.82, 2.24) is 0 Å². The third-order valence-corrected chi connectivity index (χ3v) is 2.88. The second-order valence-electron chi connectivity index (χ2n) is 4.59. The van der Waals surface area contributed by atoms with Crippen LogP contribution in [0, 0.1) is 5.41 Å². The van der Waals surface area contributed by atoms with Gasteiger partial charge in [-0.15, -0.1) is 0 Å². The van der Waals surface area contributed by atoms with Crippen LogP contribution in [0.4, 0.5) is 0 Å². The third kappa shape index (κ3) is 5.27. The van der Waals surface area contributed by atoms with Gasteiger partial charge in [0.05, 0.1) is 6.61 Å². The molecule has 0 unspecified atom stereocenters. The molecule has 0 saturated heterocycles. The van der Waals surface area contributed by atoms with E-state index in [1.807, 2.05) is 0 Å². The van der Waals surface area contributed by atoms with Gasteiger partial charge < -0.3 is 10.8 Å². The third-order valence-electron chi connectivity index (χ3n) is 2.88. The van der Waals surface area contributed by atoms with Crippen molar-refractivity contribution in [2.75, 3.05) is 6.61 Å². The number of nitrogens with two attached hydrogens (primary N) is 1. The van der Waals surface area contributed by atoms with Crippen molar-refractivity contribution in [3.63, 3.8) is 0 Å². The molecule has 0 radical (unpaired) electrons. The Balaban J connectivity index is 3.62. The predicted octanol–water partition coefficient (Wildman–Crippen LogP) is 2.30. The van der Waals surface area contributed by atoms with E-state index in [9.17, 15) is 0 Å². The number of unbranched alkanes of at least 4 members (excludes halogenated alkanes) is 3. The Morgan fingerprint density at radius 1 is 1.23 bits per heavy atom. The summed E-state index contributed by atoms with van der Waals surface area (Å²) in [4.78, 5) is 0. The summed E-state index contributed by atoms with van der Waals surface area (Å²) >= 11 is 0. The predicted molar refractivity (Wildman–Crippen MR) is 57.6 cm³/mol. The first kappa shape index (κ1) is 12.9. The topological polar surface area (TPSA) is 46.2 Å². The standard InChI is InChI=1S/C11H25NO/c1-4-5-6-7-8-11(2,3)10(12)9-13/h10,13H,4-9,12H2,1-3H3/t10-/m0/s1. The Bertz CT molecular complexity index is 123. The molecule has 0 aromatic carbocycles. The average molecular weight is 187 g/mol. The molecule has 0 fully saturated rings. The zero-order valence-electron chi connectivity index (χ0n) is 9.34. The van der Waals surface area contributed by atoms with Gasteiger partial charge in [0.1, 0.15) is 0 Å². The summed E-state index contributed by atoms with van der Waals surface area (Å²) in [6, 6.07) is -0.0749. The largest absolute Gasteiger partial charge is 0.395 e. The minimum absolute atomic E-state index is 0.0749. The first-order valence-corrected chi connectivity index (χ1v) is 5.41. The van der Waals surface area contributed by atoms with E-state index in [-0.39, 0.29) is 18.1 Å². The van der Waals surface area contributed by atoms with Gasteiger partial charge in [-0.3, -0.25) is 0 Å². The lowest BCUT2D eigenvalue weighted by molar-refractivity contribution is 0.163. The Hall–Kier alpha value is -0.0800. The highest BCUT2D eigenvalue weighted by Gasteiger charge is 2.24. The zero-order chi connectivity index (χ0) is 10.3. The summed E-state index contributed by atoms with van der Waals surface area (Å²) in [6.45, 7) is 6.59. The van der Waals surface area contributed by atoms with E-state index in [4.69, 9.17) is 10.8 Å². The van der Waals surface area contributed by atoms with Crippen LogP contribution in [0.2, 0.25) is 0 Å². The fraction of sp³-hybridized carbons (Fsp3) is 1.00. The summed E-state index contributed by atoms with van der Waals surface area (Å²) in [5.41, 5.74) is 5.90. The quantitative estimate of drug-likeness (QED) is 0.601. The molecular formula is C11H25NO. The number of aliphatic hydroxyl groups excluding tert-OH is 1. The molecule has 2 nitrogen and oxygen atoms in total. The SMILES string of the molecule is CCCCCCC(C)(C)[C@@H](N)CO. The Morgan fingerprint density at radius 2 is 1.85 bits per heavy atom. The summed E-state index contributed by atoms with van der Waals surface area (Å²) in [6.07, 6.45) is 6.22. The molecule has 0 spiro atoms. The molecule has 0 aliphatic rings. The van der Waals surface area contributed by atoms with Gasteiger partial charge in [0.2, 0.25) is 0 Å². The fourth-order valence-electron chi connectivity index (χ4n) is 1.44. The lowest BCUT2D eigenvalue weighted by atomic mass is 9.80. The lowest BCUT2D eigenvalue weighted by Gasteiger charge is -2.30. The second kappa shape index (κ2) is 6.39. The van der Waals surface area contributed by atoms with Crippen LogP contribution in [0.5, 0.6) is 0 Å². The Kier molecular flexibility index (Phi) is 6.35. The minimum Gasteiger partial charge on any atom is -0.395 e. The average Bonchev–Trinajstić information content (AvgIpc) is 2.11. The first-order valence-electron chi connectivity index (χ1n) is 5.41. The van der Waals surface area contributed by atoms with Crippen molar-refractivity contribution >= 4 is 0 Å². The van der Waals surface area contributed by atoms with Crippen LogP contribution in [0.25, 0.3) is 0 Å². The highest BCUT2D eigenvalue weighted by molar-refractivity contribution is 4.80. The van der Waals surface area contributed by atoms with Crippen molar-refractivity contribution in [2.24, 2.45) is 11.1 Å². The van der Waals surface area contributed by atoms with Gasteiger partial charge in [-0.05, 0) is 11.8 Å². The van der Waals surface area contributed by atoms with Crippen molar-refractivity contribution in [1.29, 1.82) is 0 Å². The van der Waals surface area contributed by atoms with Crippen LogP contribution in [0.15, 0.2) is 0 Å². The van der Waals surface area contributed by atoms with Gasteiger partial charge in [-0.25, -0.2) is 0 Å². The fourth-order valence-corrected chi connectivity index (χ4v) is 1.44. The summed E-state index contributed by atoms with van der Waals surface area (Å²) in [5, 5.41) is 8.95. The number of hydrogen-bond donors (Lipinski definition) is 2. The number of rotatable bonds is 7. The van der Waals surface area contributed by atoms with Gasteiger partial charge >= 0.3 is 0 Å². The van der Waals surface area contributed by atoms with E-state index in [0.29, 0.717) is 0 Å². The monoisotopic (exact) mass is 187 g/mol. The van der Waals surface area contributed by atoms with Gasteiger partial charge in [0, 0.05) is 6.04 Å². The molecule has 0 aromatic heterocycles. The van der Waals surface area contributed by atoms with Crippen LogP contribution in [-0.4, -0.2) is 17.8 Å². The van der Waals surface area contributed by atoms with E-state index in [1.165, 1.54) is 25.7 Å². The van der Waals surface area contributed by atoms with Gasteiger partial charge in [0.15, 0.2) is 0 Å². The zero-order valence-corrected chi connectivity index (χ0v) is 9.34. The summed E-state index contributed by atoms with van der Waals surface area (Å²) in [7, 11) is 0. The normalized spacial score (nSPS) is 14.5. The van der Waals surface area contributed by atoms with Crippen molar-refractivity contribution in [2.45, 2.75) is 58.9 Å². The molecular weight excluding hydrogens is 162 g/mol. The molecule has 0 aromatic rings. The maximum atomic E-state index is 8.95. The molecule has 0 rings (SSSR count). The highest BCUT2D eigenvalue weighted by Crippen LogP contribution is 2.26. The van der Waals surface area contributed by atoms with E-state index >= 15 is 0 Å². The molecule has 0 heterocycles. The lowest BCUT2D eigenvalue weighted by Crippen LogP contribution is -2.40. The van der Waals surface area contributed by atoms with Crippen molar-refractivity contribution in [3.05, 3.63) is 0 Å². The van der Waals surface area contributed by atoms with Crippen molar-refractivity contribution < 1.29 is 5.11 Å². The summed E-state index contributed by atoms with van der Waals surface area (Å²) in [5.74, 6) is 0. The van der Waals surface area contributed by atoms with Crippen LogP contribution in [0.3, 0.4) is 0 Å². The molecule has 3 N–H and O–H groups in total. The van der Waals surface area contributed by atoms with Crippen LogP contribution < -0.4 is 5.73 Å². The molecule has 1 atom stereocenters. The molecule has 0 aliphatic carbocycles. The van der Waals surface area contributed by atoms with Gasteiger partial charge in [0.25, 0.3) is 0 Å². The molecule has 0 aliphatic heterocycles. The minimum atomic E-state index is -0.0749. The van der Waals surface area contributed by atoms with Crippen LogP contribution in [-0.2, 0) is 0 Å².